The summed E-state index contributed by atoms with van der Waals surface area (Å²) >= 11 is 0. The van der Waals surface area contributed by atoms with Gasteiger partial charge < -0.3 is 15.4 Å². The molecule has 0 radical (unpaired) electrons. The molecule has 0 saturated heterocycles. The standard InChI is InChI=1S/C14H17N3O/c1-17(12-6-3-7-13(9-12)18-2)14-11(10-15)5-4-8-16-14/h3-9H,10,15H2,1-2H3. The highest BCUT2D eigenvalue weighted by molar-refractivity contribution is 5.63. The second-order valence-corrected chi connectivity index (χ2v) is 3.95. The molecule has 0 amide bonds. The summed E-state index contributed by atoms with van der Waals surface area (Å²) in [6.07, 6.45) is 1.77. The molecule has 1 aromatic carbocycles. The van der Waals surface area contributed by atoms with Crippen LogP contribution in [-0.4, -0.2) is 19.1 Å². The smallest absolute Gasteiger partial charge is 0.137 e. The minimum Gasteiger partial charge on any atom is -0.497 e. The number of ether oxygens (including phenoxy) is 1. The fraction of sp³-hybridized carbons (Fsp3) is 0.214. The van der Waals surface area contributed by atoms with Crippen molar-refractivity contribution in [3.05, 3.63) is 48.2 Å². The van der Waals surface area contributed by atoms with Gasteiger partial charge in [0.15, 0.2) is 0 Å². The van der Waals surface area contributed by atoms with Gasteiger partial charge in [-0.2, -0.15) is 0 Å². The van der Waals surface area contributed by atoms with Crippen LogP contribution < -0.4 is 15.4 Å². The number of hydrogen-bond acceptors (Lipinski definition) is 4. The fourth-order valence-electron chi connectivity index (χ4n) is 1.83. The lowest BCUT2D eigenvalue weighted by molar-refractivity contribution is 0.415. The van der Waals surface area contributed by atoms with Gasteiger partial charge in [0.2, 0.25) is 0 Å². The predicted octanol–water partition coefficient (Wildman–Crippen LogP) is 2.32. The van der Waals surface area contributed by atoms with Crippen molar-refractivity contribution in [1.29, 1.82) is 0 Å². The van der Waals surface area contributed by atoms with Crippen LogP contribution in [0.5, 0.6) is 5.75 Å². The van der Waals surface area contributed by atoms with Gasteiger partial charge in [-0.25, -0.2) is 4.98 Å². The predicted molar refractivity (Wildman–Crippen MR) is 73.2 cm³/mol. The molecule has 2 rings (SSSR count). The quantitative estimate of drug-likeness (QED) is 0.895. The van der Waals surface area contributed by atoms with Crippen molar-refractivity contribution < 1.29 is 4.74 Å². The van der Waals surface area contributed by atoms with Crippen molar-refractivity contribution >= 4 is 11.5 Å². The van der Waals surface area contributed by atoms with Gasteiger partial charge in [0.05, 0.1) is 7.11 Å². The average Bonchev–Trinajstić information content (AvgIpc) is 2.46. The zero-order valence-electron chi connectivity index (χ0n) is 10.6. The van der Waals surface area contributed by atoms with Gasteiger partial charge in [-0.1, -0.05) is 12.1 Å². The van der Waals surface area contributed by atoms with Crippen LogP contribution in [0.25, 0.3) is 0 Å². The van der Waals surface area contributed by atoms with E-state index in [1.54, 1.807) is 13.3 Å². The highest BCUT2D eigenvalue weighted by Gasteiger charge is 2.09. The van der Waals surface area contributed by atoms with E-state index in [-0.39, 0.29) is 0 Å². The second-order valence-electron chi connectivity index (χ2n) is 3.95. The highest BCUT2D eigenvalue weighted by atomic mass is 16.5. The third-order valence-corrected chi connectivity index (χ3v) is 2.85. The SMILES string of the molecule is COc1cccc(N(C)c2ncccc2CN)c1. The molecule has 0 unspecified atom stereocenters. The zero-order chi connectivity index (χ0) is 13.0. The number of anilines is 2. The van der Waals surface area contributed by atoms with E-state index in [0.717, 1.165) is 22.8 Å². The summed E-state index contributed by atoms with van der Waals surface area (Å²) in [7, 11) is 3.63. The van der Waals surface area contributed by atoms with Crippen LogP contribution in [0.1, 0.15) is 5.56 Å². The summed E-state index contributed by atoms with van der Waals surface area (Å²) in [5, 5.41) is 0. The van der Waals surface area contributed by atoms with Crippen LogP contribution >= 0.6 is 0 Å². The number of aromatic nitrogens is 1. The molecule has 4 nitrogen and oxygen atoms in total. The number of benzene rings is 1. The van der Waals surface area contributed by atoms with Gasteiger partial charge in [-0.3, -0.25) is 0 Å². The molecule has 0 spiro atoms. The Morgan fingerprint density at radius 3 is 2.83 bits per heavy atom. The third kappa shape index (κ3) is 2.43. The summed E-state index contributed by atoms with van der Waals surface area (Å²) in [5.41, 5.74) is 7.76. The Kier molecular flexibility index (Phi) is 3.79. The third-order valence-electron chi connectivity index (χ3n) is 2.85. The molecule has 0 aliphatic rings. The highest BCUT2D eigenvalue weighted by Crippen LogP contribution is 2.27. The van der Waals surface area contributed by atoms with Crippen LogP contribution in [0.4, 0.5) is 11.5 Å². The van der Waals surface area contributed by atoms with E-state index >= 15 is 0 Å². The Labute approximate surface area is 107 Å². The van der Waals surface area contributed by atoms with E-state index in [4.69, 9.17) is 10.5 Å². The lowest BCUT2D eigenvalue weighted by Gasteiger charge is -2.21. The molecule has 0 aliphatic heterocycles. The Morgan fingerprint density at radius 2 is 2.11 bits per heavy atom. The first kappa shape index (κ1) is 12.4. The van der Waals surface area contributed by atoms with Crippen molar-refractivity contribution in [1.82, 2.24) is 4.98 Å². The fourth-order valence-corrected chi connectivity index (χ4v) is 1.83. The molecule has 0 bridgehead atoms. The van der Waals surface area contributed by atoms with E-state index in [1.165, 1.54) is 0 Å². The van der Waals surface area contributed by atoms with E-state index in [1.807, 2.05) is 48.3 Å². The molecule has 0 aliphatic carbocycles. The Bertz CT molecular complexity index is 528. The van der Waals surface area contributed by atoms with Crippen LogP contribution in [-0.2, 0) is 6.54 Å². The molecule has 0 fully saturated rings. The average molecular weight is 243 g/mol. The van der Waals surface area contributed by atoms with Crippen molar-refractivity contribution in [2.24, 2.45) is 5.73 Å². The molecular formula is C14H17N3O. The van der Waals surface area contributed by atoms with E-state index in [0.29, 0.717) is 6.54 Å². The molecule has 18 heavy (non-hydrogen) atoms. The number of methoxy groups -OCH3 is 1. The number of rotatable bonds is 4. The molecular weight excluding hydrogens is 226 g/mol. The maximum absolute atomic E-state index is 5.73. The summed E-state index contributed by atoms with van der Waals surface area (Å²) < 4.78 is 5.23. The van der Waals surface area contributed by atoms with Crippen molar-refractivity contribution in [2.45, 2.75) is 6.54 Å². The molecule has 2 aromatic rings. The van der Waals surface area contributed by atoms with Crippen LogP contribution in [0.2, 0.25) is 0 Å². The normalized spacial score (nSPS) is 10.2. The van der Waals surface area contributed by atoms with Gasteiger partial charge in [0.25, 0.3) is 0 Å². The minimum atomic E-state index is 0.470. The topological polar surface area (TPSA) is 51.4 Å². The van der Waals surface area contributed by atoms with Crippen molar-refractivity contribution in [3.8, 4) is 5.75 Å². The maximum Gasteiger partial charge on any atom is 0.137 e. The molecule has 1 aromatic heterocycles. The molecule has 94 valence electrons. The van der Waals surface area contributed by atoms with E-state index < -0.39 is 0 Å². The number of nitrogens with zero attached hydrogens (tertiary/aromatic N) is 2. The lowest BCUT2D eigenvalue weighted by Crippen LogP contribution is -2.15. The number of hydrogen-bond donors (Lipinski definition) is 1. The van der Waals surface area contributed by atoms with Gasteiger partial charge in [0.1, 0.15) is 11.6 Å². The first-order valence-electron chi connectivity index (χ1n) is 5.78. The molecule has 0 saturated carbocycles. The minimum absolute atomic E-state index is 0.470. The largest absolute Gasteiger partial charge is 0.497 e. The number of pyridine rings is 1. The first-order valence-corrected chi connectivity index (χ1v) is 5.78. The van der Waals surface area contributed by atoms with Crippen LogP contribution in [0.15, 0.2) is 42.6 Å². The first-order chi connectivity index (χ1) is 8.76. The Balaban J connectivity index is 2.37. The summed E-state index contributed by atoms with van der Waals surface area (Å²) in [5.74, 6) is 1.69. The van der Waals surface area contributed by atoms with Crippen LogP contribution in [0, 0.1) is 0 Å². The molecule has 4 heteroatoms. The van der Waals surface area contributed by atoms with Gasteiger partial charge in [0, 0.05) is 37.1 Å². The lowest BCUT2D eigenvalue weighted by atomic mass is 10.2. The van der Waals surface area contributed by atoms with Gasteiger partial charge in [-0.05, 0) is 18.2 Å². The monoisotopic (exact) mass is 243 g/mol. The van der Waals surface area contributed by atoms with Crippen LogP contribution in [0.3, 0.4) is 0 Å². The van der Waals surface area contributed by atoms with Crippen molar-refractivity contribution in [3.63, 3.8) is 0 Å². The summed E-state index contributed by atoms with van der Waals surface area (Å²) in [6, 6.07) is 11.7. The molecule has 0 atom stereocenters. The molecule has 1 heterocycles. The Morgan fingerprint density at radius 1 is 1.28 bits per heavy atom. The maximum atomic E-state index is 5.73. The van der Waals surface area contributed by atoms with E-state index in [2.05, 4.69) is 4.98 Å². The molecule has 2 N–H and O–H groups in total. The second kappa shape index (κ2) is 5.51. The van der Waals surface area contributed by atoms with Gasteiger partial charge in [-0.15, -0.1) is 0 Å². The summed E-state index contributed by atoms with van der Waals surface area (Å²) in [6.45, 7) is 0.470. The van der Waals surface area contributed by atoms with Gasteiger partial charge >= 0.3 is 0 Å². The summed E-state index contributed by atoms with van der Waals surface area (Å²) in [4.78, 5) is 6.39. The number of nitrogens with two attached hydrogens (primary N) is 1. The zero-order valence-corrected chi connectivity index (χ0v) is 10.6. The van der Waals surface area contributed by atoms with E-state index in [9.17, 15) is 0 Å². The van der Waals surface area contributed by atoms with Crippen molar-refractivity contribution in [2.75, 3.05) is 19.1 Å². The Hall–Kier alpha value is -2.07.